The van der Waals surface area contributed by atoms with E-state index >= 15 is 0 Å². The van der Waals surface area contributed by atoms with E-state index in [-0.39, 0.29) is 0 Å². The van der Waals surface area contributed by atoms with Crippen molar-refractivity contribution in [1.82, 2.24) is 0 Å². The van der Waals surface area contributed by atoms with Gasteiger partial charge in [0, 0.05) is 9.52 Å². The molecule has 0 unspecified atom stereocenters. The summed E-state index contributed by atoms with van der Waals surface area (Å²) in [5.74, 6) is 0. The van der Waals surface area contributed by atoms with Crippen LogP contribution in [0.5, 0.6) is 0 Å². The lowest BCUT2D eigenvalue weighted by atomic mass is 10.1. The summed E-state index contributed by atoms with van der Waals surface area (Å²) in [4.78, 5) is 0. The lowest BCUT2D eigenvalue weighted by Crippen LogP contribution is -1.82. The molecule has 0 N–H and O–H groups in total. The quantitative estimate of drug-likeness (QED) is 0.391. The largest absolute Gasteiger partial charge is 0.0733 e. The average Bonchev–Trinajstić information content (AvgIpc) is 1.97. The van der Waals surface area contributed by atoms with E-state index in [9.17, 15) is 0 Å². The monoisotopic (exact) mass is 156 g/mol. The van der Waals surface area contributed by atoms with Crippen LogP contribution in [0.25, 0.3) is 0 Å². The lowest BCUT2D eigenvalue weighted by Gasteiger charge is -1.97. The van der Waals surface area contributed by atoms with Gasteiger partial charge >= 0.3 is 0 Å². The van der Waals surface area contributed by atoms with Crippen molar-refractivity contribution in [2.24, 2.45) is 0 Å². The van der Waals surface area contributed by atoms with Crippen LogP contribution in [0.1, 0.15) is 45.4 Å². The fourth-order valence-electron chi connectivity index (χ4n) is 1.08. The zero-order valence-electron chi connectivity index (χ0n) is 7.45. The highest BCUT2D eigenvalue weighted by Gasteiger charge is 1.87. The second-order valence-electron chi connectivity index (χ2n) is 2.87. The minimum Gasteiger partial charge on any atom is -0.0733 e. The molecule has 10 heavy (non-hydrogen) atoms. The molecule has 0 aromatic carbocycles. The van der Waals surface area contributed by atoms with Crippen LogP contribution in [0.4, 0.5) is 0 Å². The third-order valence-corrected chi connectivity index (χ3v) is 2.63. The Bertz CT molecular complexity index is 44.7. The maximum absolute atomic E-state index is 2.30. The van der Waals surface area contributed by atoms with Gasteiger partial charge in [-0.05, 0) is 0 Å². The molecule has 0 amide bonds. The zero-order chi connectivity index (χ0) is 7.66. The molecule has 0 aromatic rings. The first kappa shape index (κ1) is 10.2. The fraction of sp³-hybridized carbons (Fsp3) is 1.00. The van der Waals surface area contributed by atoms with Crippen molar-refractivity contribution in [2.75, 3.05) is 0 Å². The SMILES string of the molecule is CCCCCCCC[Si]C. The van der Waals surface area contributed by atoms with Crippen LogP contribution in [0.3, 0.4) is 0 Å². The summed E-state index contributed by atoms with van der Waals surface area (Å²) < 4.78 is 0. The second-order valence-corrected chi connectivity index (χ2v) is 4.08. The van der Waals surface area contributed by atoms with Gasteiger partial charge in [-0.25, -0.2) is 0 Å². The Kier molecular flexibility index (Phi) is 9.42. The van der Waals surface area contributed by atoms with E-state index in [1.807, 2.05) is 0 Å². The third-order valence-electron chi connectivity index (χ3n) is 1.78. The maximum atomic E-state index is 2.30. The molecule has 0 spiro atoms. The van der Waals surface area contributed by atoms with Crippen LogP contribution in [0.2, 0.25) is 12.6 Å². The zero-order valence-corrected chi connectivity index (χ0v) is 8.45. The van der Waals surface area contributed by atoms with E-state index in [0.29, 0.717) is 0 Å². The Morgan fingerprint density at radius 3 is 2.10 bits per heavy atom. The summed E-state index contributed by atoms with van der Waals surface area (Å²) in [7, 11) is 1.17. The molecule has 0 saturated carbocycles. The molecule has 2 radical (unpaired) electrons. The van der Waals surface area contributed by atoms with E-state index in [4.69, 9.17) is 0 Å². The third kappa shape index (κ3) is 8.22. The van der Waals surface area contributed by atoms with Crippen molar-refractivity contribution in [2.45, 2.75) is 58.0 Å². The van der Waals surface area contributed by atoms with E-state index < -0.39 is 0 Å². The molecule has 0 nitrogen and oxygen atoms in total. The summed E-state index contributed by atoms with van der Waals surface area (Å²) in [5.41, 5.74) is 0. The molecule has 1 heteroatoms. The molecule has 0 bridgehead atoms. The minimum absolute atomic E-state index is 1.17. The number of rotatable bonds is 7. The van der Waals surface area contributed by atoms with Crippen LogP contribution in [-0.2, 0) is 0 Å². The molecular weight excluding hydrogens is 136 g/mol. The van der Waals surface area contributed by atoms with Gasteiger partial charge in [-0.3, -0.25) is 0 Å². The molecule has 0 aromatic heterocycles. The number of unbranched alkanes of at least 4 members (excludes halogenated alkanes) is 5. The van der Waals surface area contributed by atoms with Crippen LogP contribution in [-0.4, -0.2) is 9.52 Å². The van der Waals surface area contributed by atoms with Gasteiger partial charge in [0.1, 0.15) is 0 Å². The Balaban J connectivity index is 2.65. The van der Waals surface area contributed by atoms with Crippen molar-refractivity contribution in [3.63, 3.8) is 0 Å². The molecule has 0 aliphatic carbocycles. The van der Waals surface area contributed by atoms with Gasteiger partial charge in [0.05, 0.1) is 0 Å². The molecule has 0 rings (SSSR count). The summed E-state index contributed by atoms with van der Waals surface area (Å²) in [6.07, 6.45) is 8.69. The summed E-state index contributed by atoms with van der Waals surface area (Å²) >= 11 is 0. The van der Waals surface area contributed by atoms with E-state index in [1.165, 1.54) is 54.1 Å². The Hall–Kier alpha value is 0.217. The predicted molar refractivity (Wildman–Crippen MR) is 49.8 cm³/mol. The topological polar surface area (TPSA) is 0 Å². The van der Waals surface area contributed by atoms with Gasteiger partial charge in [-0.1, -0.05) is 58.0 Å². The number of hydrogen-bond acceptors (Lipinski definition) is 0. The first-order valence-corrected chi connectivity index (χ1v) is 6.27. The molecule has 0 aliphatic rings. The second kappa shape index (κ2) is 9.22. The maximum Gasteiger partial charge on any atom is 0.0342 e. The predicted octanol–water partition coefficient (Wildman–Crippen LogP) is 3.52. The highest BCUT2D eigenvalue weighted by Crippen LogP contribution is 2.06. The first-order chi connectivity index (χ1) is 4.91. The molecule has 0 atom stereocenters. The van der Waals surface area contributed by atoms with Crippen LogP contribution >= 0.6 is 0 Å². The van der Waals surface area contributed by atoms with Crippen molar-refractivity contribution < 1.29 is 0 Å². The standard InChI is InChI=1S/C9H20Si/c1-3-4-5-6-7-8-9-10-2/h3-9H2,1-2H3. The van der Waals surface area contributed by atoms with Crippen molar-refractivity contribution in [1.29, 1.82) is 0 Å². The van der Waals surface area contributed by atoms with E-state index in [1.54, 1.807) is 0 Å². The highest BCUT2D eigenvalue weighted by atomic mass is 28.2. The lowest BCUT2D eigenvalue weighted by molar-refractivity contribution is 0.624. The normalized spacial score (nSPS) is 10.2. The minimum atomic E-state index is 1.17. The Morgan fingerprint density at radius 2 is 1.50 bits per heavy atom. The van der Waals surface area contributed by atoms with Crippen molar-refractivity contribution in [3.05, 3.63) is 0 Å². The molecular formula is C9H20Si. The first-order valence-electron chi connectivity index (χ1n) is 4.56. The smallest absolute Gasteiger partial charge is 0.0342 e. The van der Waals surface area contributed by atoms with Gasteiger partial charge in [0.2, 0.25) is 0 Å². The van der Waals surface area contributed by atoms with Gasteiger partial charge in [-0.15, -0.1) is 0 Å². The molecule has 60 valence electrons. The van der Waals surface area contributed by atoms with Crippen LogP contribution in [0, 0.1) is 0 Å². The summed E-state index contributed by atoms with van der Waals surface area (Å²) in [5, 5.41) is 0. The van der Waals surface area contributed by atoms with Crippen LogP contribution in [0.15, 0.2) is 0 Å². The van der Waals surface area contributed by atoms with Crippen LogP contribution < -0.4 is 0 Å². The Morgan fingerprint density at radius 1 is 0.900 bits per heavy atom. The fourth-order valence-corrected chi connectivity index (χ4v) is 1.69. The number of hydrogen-bond donors (Lipinski definition) is 0. The van der Waals surface area contributed by atoms with Crippen molar-refractivity contribution in [3.8, 4) is 0 Å². The van der Waals surface area contributed by atoms with Gasteiger partial charge in [0.25, 0.3) is 0 Å². The molecule has 0 heterocycles. The van der Waals surface area contributed by atoms with Crippen molar-refractivity contribution >= 4 is 9.52 Å². The summed E-state index contributed by atoms with van der Waals surface area (Å²) in [6.45, 7) is 4.57. The molecule has 0 saturated heterocycles. The summed E-state index contributed by atoms with van der Waals surface area (Å²) in [6, 6.07) is 1.46. The van der Waals surface area contributed by atoms with Gasteiger partial charge in [-0.2, -0.15) is 0 Å². The average molecular weight is 156 g/mol. The Labute approximate surface area is 68.2 Å². The molecule has 0 aliphatic heterocycles. The molecule has 0 fully saturated rings. The van der Waals surface area contributed by atoms with Gasteiger partial charge < -0.3 is 0 Å². The highest BCUT2D eigenvalue weighted by molar-refractivity contribution is 6.33. The van der Waals surface area contributed by atoms with E-state index in [0.717, 1.165) is 0 Å². The van der Waals surface area contributed by atoms with E-state index in [2.05, 4.69) is 13.5 Å². The van der Waals surface area contributed by atoms with Gasteiger partial charge in [0.15, 0.2) is 0 Å².